The molecule has 0 saturated carbocycles. The highest BCUT2D eigenvalue weighted by Crippen LogP contribution is 2.19. The number of nitrogen functional groups attached to an aromatic ring is 1. The Morgan fingerprint density at radius 3 is 2.88 bits per heavy atom. The maximum atomic E-state index is 5.78. The van der Waals surface area contributed by atoms with Gasteiger partial charge in [-0.3, -0.25) is 4.90 Å². The lowest BCUT2D eigenvalue weighted by molar-refractivity contribution is 0.152. The third-order valence-corrected chi connectivity index (χ3v) is 3.28. The lowest BCUT2D eigenvalue weighted by Crippen LogP contribution is -2.36. The molecule has 1 aromatic carbocycles. The Morgan fingerprint density at radius 1 is 1.38 bits per heavy atom. The van der Waals surface area contributed by atoms with Gasteiger partial charge in [-0.2, -0.15) is 0 Å². The number of benzene rings is 1. The predicted molar refractivity (Wildman–Crippen MR) is 71.8 cm³/mol. The van der Waals surface area contributed by atoms with Gasteiger partial charge in [0.15, 0.2) is 0 Å². The molecule has 1 heterocycles. The number of rotatable bonds is 2. The van der Waals surface area contributed by atoms with Gasteiger partial charge in [0.2, 0.25) is 0 Å². The number of hydrogen-bond acceptors (Lipinski definition) is 2. The highest BCUT2D eigenvalue weighted by atomic mass is 35.5. The molecular formula is C13H21ClN2. The normalized spacial score (nSPS) is 21.4. The van der Waals surface area contributed by atoms with Gasteiger partial charge >= 0.3 is 0 Å². The first-order valence-corrected chi connectivity index (χ1v) is 5.84. The van der Waals surface area contributed by atoms with Crippen LogP contribution in [0.4, 0.5) is 5.69 Å². The van der Waals surface area contributed by atoms with Gasteiger partial charge in [0.05, 0.1) is 0 Å². The molecule has 90 valence electrons. The first-order chi connectivity index (χ1) is 7.25. The van der Waals surface area contributed by atoms with E-state index in [1.54, 1.807) is 0 Å². The Balaban J connectivity index is 0.00000128. The molecule has 1 fully saturated rings. The fourth-order valence-electron chi connectivity index (χ4n) is 2.32. The number of likely N-dealkylation sites (tertiary alicyclic amines) is 1. The second kappa shape index (κ2) is 6.12. The summed E-state index contributed by atoms with van der Waals surface area (Å²) in [4.78, 5) is 2.55. The first-order valence-electron chi connectivity index (χ1n) is 5.84. The van der Waals surface area contributed by atoms with Gasteiger partial charge in [-0.05, 0) is 44.0 Å². The number of halogens is 1. The van der Waals surface area contributed by atoms with Crippen molar-refractivity contribution < 1.29 is 0 Å². The number of piperidine rings is 1. The lowest BCUT2D eigenvalue weighted by atomic mass is 10.0. The Kier molecular flexibility index (Phi) is 5.10. The summed E-state index contributed by atoms with van der Waals surface area (Å²) in [7, 11) is 0. The summed E-state index contributed by atoms with van der Waals surface area (Å²) >= 11 is 0. The van der Waals surface area contributed by atoms with E-state index in [0.717, 1.165) is 18.3 Å². The van der Waals surface area contributed by atoms with Crippen LogP contribution in [-0.2, 0) is 6.54 Å². The van der Waals surface area contributed by atoms with Crippen LogP contribution in [0.1, 0.15) is 31.7 Å². The maximum Gasteiger partial charge on any atom is 0.0317 e. The van der Waals surface area contributed by atoms with Crippen LogP contribution >= 0.6 is 12.4 Å². The minimum Gasteiger partial charge on any atom is -0.399 e. The van der Waals surface area contributed by atoms with E-state index < -0.39 is 0 Å². The molecule has 0 amide bonds. The van der Waals surface area contributed by atoms with Gasteiger partial charge in [0.1, 0.15) is 0 Å². The third-order valence-electron chi connectivity index (χ3n) is 3.28. The first kappa shape index (κ1) is 13.3. The molecule has 1 saturated heterocycles. The quantitative estimate of drug-likeness (QED) is 0.806. The summed E-state index contributed by atoms with van der Waals surface area (Å²) < 4.78 is 0. The molecule has 0 aliphatic carbocycles. The number of anilines is 1. The molecule has 2 rings (SSSR count). The zero-order valence-corrected chi connectivity index (χ0v) is 10.7. The minimum absolute atomic E-state index is 0. The van der Waals surface area contributed by atoms with Gasteiger partial charge in [-0.1, -0.05) is 18.6 Å². The summed E-state index contributed by atoms with van der Waals surface area (Å²) in [6.07, 6.45) is 4.06. The van der Waals surface area contributed by atoms with Gasteiger partial charge in [-0.15, -0.1) is 12.4 Å². The SMILES string of the molecule is CC1CCCCN1Cc1cccc(N)c1.Cl. The van der Waals surface area contributed by atoms with Gasteiger partial charge in [-0.25, -0.2) is 0 Å². The minimum atomic E-state index is 0. The maximum absolute atomic E-state index is 5.78. The average Bonchev–Trinajstić information content (AvgIpc) is 2.22. The lowest BCUT2D eigenvalue weighted by Gasteiger charge is -2.33. The van der Waals surface area contributed by atoms with E-state index in [2.05, 4.69) is 24.0 Å². The van der Waals surface area contributed by atoms with Gasteiger partial charge < -0.3 is 5.73 Å². The topological polar surface area (TPSA) is 29.3 Å². The van der Waals surface area contributed by atoms with Crippen molar-refractivity contribution in [1.82, 2.24) is 4.90 Å². The number of hydrogen-bond donors (Lipinski definition) is 1. The Hall–Kier alpha value is -0.730. The van der Waals surface area contributed by atoms with E-state index in [1.165, 1.54) is 31.4 Å². The van der Waals surface area contributed by atoms with Crippen molar-refractivity contribution in [3.8, 4) is 0 Å². The van der Waals surface area contributed by atoms with Crippen molar-refractivity contribution >= 4 is 18.1 Å². The second-order valence-corrected chi connectivity index (χ2v) is 4.56. The molecule has 0 bridgehead atoms. The molecule has 1 unspecified atom stereocenters. The predicted octanol–water partition coefficient (Wildman–Crippen LogP) is 3.07. The van der Waals surface area contributed by atoms with Crippen molar-refractivity contribution in [2.45, 2.75) is 38.8 Å². The zero-order chi connectivity index (χ0) is 10.7. The molecule has 2 N–H and O–H groups in total. The Morgan fingerprint density at radius 2 is 2.19 bits per heavy atom. The van der Waals surface area contributed by atoms with Crippen LogP contribution in [0.25, 0.3) is 0 Å². The molecule has 1 aromatic rings. The van der Waals surface area contributed by atoms with Crippen LogP contribution in [-0.4, -0.2) is 17.5 Å². The molecule has 1 atom stereocenters. The molecular weight excluding hydrogens is 220 g/mol. The second-order valence-electron chi connectivity index (χ2n) is 4.56. The molecule has 0 aromatic heterocycles. The van der Waals surface area contributed by atoms with E-state index in [4.69, 9.17) is 5.73 Å². The summed E-state index contributed by atoms with van der Waals surface area (Å²) in [5.74, 6) is 0. The molecule has 1 aliphatic heterocycles. The van der Waals surface area contributed by atoms with Crippen LogP contribution in [0.2, 0.25) is 0 Å². The van der Waals surface area contributed by atoms with Crippen LogP contribution in [0.3, 0.4) is 0 Å². The summed E-state index contributed by atoms with van der Waals surface area (Å²) in [5, 5.41) is 0. The van der Waals surface area contributed by atoms with E-state index in [1.807, 2.05) is 12.1 Å². The monoisotopic (exact) mass is 240 g/mol. The van der Waals surface area contributed by atoms with Crippen LogP contribution in [0.5, 0.6) is 0 Å². The molecule has 1 aliphatic rings. The van der Waals surface area contributed by atoms with Crippen LogP contribution in [0.15, 0.2) is 24.3 Å². The molecule has 3 heteroatoms. The largest absolute Gasteiger partial charge is 0.399 e. The highest BCUT2D eigenvalue weighted by Gasteiger charge is 2.17. The van der Waals surface area contributed by atoms with E-state index in [9.17, 15) is 0 Å². The third kappa shape index (κ3) is 3.39. The van der Waals surface area contributed by atoms with Crippen LogP contribution < -0.4 is 5.73 Å². The van der Waals surface area contributed by atoms with Crippen molar-refractivity contribution in [3.63, 3.8) is 0 Å². The van der Waals surface area contributed by atoms with Crippen molar-refractivity contribution in [3.05, 3.63) is 29.8 Å². The zero-order valence-electron chi connectivity index (χ0n) is 9.86. The summed E-state index contributed by atoms with van der Waals surface area (Å²) in [5.41, 5.74) is 7.99. The van der Waals surface area contributed by atoms with Crippen molar-refractivity contribution in [2.75, 3.05) is 12.3 Å². The van der Waals surface area contributed by atoms with E-state index in [-0.39, 0.29) is 12.4 Å². The summed E-state index contributed by atoms with van der Waals surface area (Å²) in [6, 6.07) is 8.96. The summed E-state index contributed by atoms with van der Waals surface area (Å²) in [6.45, 7) is 4.60. The average molecular weight is 241 g/mol. The molecule has 2 nitrogen and oxygen atoms in total. The highest BCUT2D eigenvalue weighted by molar-refractivity contribution is 5.85. The van der Waals surface area contributed by atoms with Gasteiger partial charge in [0.25, 0.3) is 0 Å². The van der Waals surface area contributed by atoms with Crippen molar-refractivity contribution in [2.24, 2.45) is 0 Å². The Bertz CT molecular complexity index is 327. The van der Waals surface area contributed by atoms with Gasteiger partial charge in [0, 0.05) is 18.3 Å². The Labute approximate surface area is 104 Å². The number of nitrogens with zero attached hydrogens (tertiary/aromatic N) is 1. The fourth-order valence-corrected chi connectivity index (χ4v) is 2.32. The standard InChI is InChI=1S/C13H20N2.ClH/c1-11-5-2-3-8-15(11)10-12-6-4-7-13(14)9-12;/h4,6-7,9,11H,2-3,5,8,10,14H2,1H3;1H. The molecule has 0 radical (unpaired) electrons. The number of nitrogens with two attached hydrogens (primary N) is 1. The van der Waals surface area contributed by atoms with E-state index in [0.29, 0.717) is 0 Å². The van der Waals surface area contributed by atoms with Crippen molar-refractivity contribution in [1.29, 1.82) is 0 Å². The van der Waals surface area contributed by atoms with Crippen LogP contribution in [0, 0.1) is 0 Å². The molecule has 0 spiro atoms. The molecule has 16 heavy (non-hydrogen) atoms. The van der Waals surface area contributed by atoms with E-state index >= 15 is 0 Å². The fraction of sp³-hybridized carbons (Fsp3) is 0.538. The smallest absolute Gasteiger partial charge is 0.0317 e.